The van der Waals surface area contributed by atoms with Crippen LogP contribution in [0.5, 0.6) is 0 Å². The summed E-state index contributed by atoms with van der Waals surface area (Å²) in [5, 5.41) is 3.38. The number of aromatic nitrogens is 2. The normalized spacial score (nSPS) is 13.3. The molecule has 1 aliphatic heterocycles. The third-order valence-electron chi connectivity index (χ3n) is 3.22. The van der Waals surface area contributed by atoms with Gasteiger partial charge in [-0.15, -0.1) is 0 Å². The molecule has 20 heavy (non-hydrogen) atoms. The maximum absolute atomic E-state index is 13.0. The maximum atomic E-state index is 13.0. The van der Waals surface area contributed by atoms with Crippen LogP contribution in [0.1, 0.15) is 24.6 Å². The molecule has 0 spiro atoms. The smallest absolute Gasteiger partial charge is 0.161 e. The predicted molar refractivity (Wildman–Crippen MR) is 81.2 cm³/mol. The summed E-state index contributed by atoms with van der Waals surface area (Å²) >= 11 is 1.85. The molecule has 2 heterocycles. The first-order valence-electron chi connectivity index (χ1n) is 6.75. The number of hydrogen-bond donors (Lipinski definition) is 1. The maximum Gasteiger partial charge on any atom is 0.161 e. The molecule has 0 atom stereocenters. The van der Waals surface area contributed by atoms with Crippen molar-refractivity contribution in [2.75, 3.05) is 11.9 Å². The van der Waals surface area contributed by atoms with E-state index in [4.69, 9.17) is 0 Å². The lowest BCUT2D eigenvalue weighted by Crippen LogP contribution is -2.08. The predicted octanol–water partition coefficient (Wildman–Crippen LogP) is 3.85. The highest BCUT2D eigenvalue weighted by Crippen LogP contribution is 2.34. The van der Waals surface area contributed by atoms with Crippen LogP contribution in [0, 0.1) is 5.82 Å². The van der Waals surface area contributed by atoms with Gasteiger partial charge in [-0.1, -0.05) is 6.92 Å². The van der Waals surface area contributed by atoms with Crippen molar-refractivity contribution in [1.29, 1.82) is 0 Å². The van der Waals surface area contributed by atoms with Crippen LogP contribution in [0.3, 0.4) is 0 Å². The van der Waals surface area contributed by atoms with Gasteiger partial charge in [-0.05, 0) is 30.7 Å². The summed E-state index contributed by atoms with van der Waals surface area (Å²) in [6.07, 6.45) is 1.05. The Morgan fingerprint density at radius 3 is 2.75 bits per heavy atom. The molecule has 0 amide bonds. The summed E-state index contributed by atoms with van der Waals surface area (Å²) in [4.78, 5) is 9.25. The highest BCUT2D eigenvalue weighted by molar-refractivity contribution is 7.98. The zero-order valence-electron chi connectivity index (χ0n) is 11.3. The van der Waals surface area contributed by atoms with Crippen LogP contribution in [0.2, 0.25) is 0 Å². The van der Waals surface area contributed by atoms with Crippen molar-refractivity contribution in [1.82, 2.24) is 9.97 Å². The summed E-state index contributed by atoms with van der Waals surface area (Å²) in [6, 6.07) is 6.34. The fraction of sp³-hybridized carbons (Fsp3) is 0.333. The molecule has 0 radical (unpaired) electrons. The lowest BCUT2D eigenvalue weighted by Gasteiger charge is -2.11. The quantitative estimate of drug-likeness (QED) is 0.927. The average Bonchev–Trinajstić information content (AvgIpc) is 2.94. The third-order valence-corrected chi connectivity index (χ3v) is 4.19. The van der Waals surface area contributed by atoms with Gasteiger partial charge < -0.3 is 5.32 Å². The van der Waals surface area contributed by atoms with Crippen molar-refractivity contribution < 1.29 is 4.39 Å². The van der Waals surface area contributed by atoms with Crippen molar-refractivity contribution >= 4 is 17.6 Å². The summed E-state index contributed by atoms with van der Waals surface area (Å²) in [5.41, 5.74) is 3.17. The molecule has 0 bridgehead atoms. The summed E-state index contributed by atoms with van der Waals surface area (Å²) in [5.74, 6) is 3.25. The molecule has 0 fully saturated rings. The lowest BCUT2D eigenvalue weighted by atomic mass is 10.2. The summed E-state index contributed by atoms with van der Waals surface area (Å²) in [7, 11) is 0. The third kappa shape index (κ3) is 2.63. The minimum Gasteiger partial charge on any atom is -0.370 e. The molecule has 0 saturated carbocycles. The molecule has 1 aromatic heterocycles. The number of nitrogens with one attached hydrogen (secondary N) is 1. The number of thioether (sulfide) groups is 1. The Morgan fingerprint density at radius 1 is 1.20 bits per heavy atom. The topological polar surface area (TPSA) is 37.8 Å². The van der Waals surface area contributed by atoms with Crippen molar-refractivity contribution in [3.8, 4) is 11.4 Å². The van der Waals surface area contributed by atoms with Gasteiger partial charge in [0, 0.05) is 29.2 Å². The first kappa shape index (κ1) is 13.4. The first-order chi connectivity index (χ1) is 9.78. The second-order valence-electron chi connectivity index (χ2n) is 4.75. The van der Waals surface area contributed by atoms with E-state index >= 15 is 0 Å². The number of benzene rings is 1. The Labute approximate surface area is 122 Å². The minimum atomic E-state index is -0.241. The molecule has 3 rings (SSSR count). The van der Waals surface area contributed by atoms with E-state index in [1.54, 1.807) is 12.1 Å². The Bertz CT molecular complexity index is 613. The minimum absolute atomic E-state index is 0.241. The molecular formula is C15H16FN3S. The number of nitrogens with zero attached hydrogens (tertiary/aromatic N) is 2. The van der Waals surface area contributed by atoms with Crippen LogP contribution in [0.15, 0.2) is 24.3 Å². The van der Waals surface area contributed by atoms with Crippen LogP contribution < -0.4 is 5.32 Å². The largest absolute Gasteiger partial charge is 0.370 e. The van der Waals surface area contributed by atoms with Crippen LogP contribution in [0.25, 0.3) is 11.4 Å². The van der Waals surface area contributed by atoms with Crippen LogP contribution in [-0.4, -0.2) is 16.5 Å². The Morgan fingerprint density at radius 2 is 2.00 bits per heavy atom. The molecule has 3 nitrogen and oxygen atoms in total. The van der Waals surface area contributed by atoms with Gasteiger partial charge in [-0.3, -0.25) is 0 Å². The molecular weight excluding hydrogens is 273 g/mol. The second kappa shape index (κ2) is 5.79. The molecule has 5 heteroatoms. The fourth-order valence-electron chi connectivity index (χ4n) is 2.17. The van der Waals surface area contributed by atoms with Gasteiger partial charge in [0.1, 0.15) is 11.6 Å². The Balaban J connectivity index is 2.01. The Hall–Kier alpha value is -1.62. The van der Waals surface area contributed by atoms with Crippen LogP contribution in [-0.2, 0) is 11.5 Å². The monoisotopic (exact) mass is 289 g/mol. The zero-order valence-corrected chi connectivity index (χ0v) is 12.1. The molecule has 0 aliphatic carbocycles. The van der Waals surface area contributed by atoms with Gasteiger partial charge >= 0.3 is 0 Å². The number of fused-ring (bicyclic) bond motifs is 1. The van der Waals surface area contributed by atoms with E-state index in [2.05, 4.69) is 22.2 Å². The molecule has 0 saturated heterocycles. The highest BCUT2D eigenvalue weighted by Gasteiger charge is 2.20. The number of rotatable bonds is 4. The van der Waals surface area contributed by atoms with Crippen molar-refractivity contribution in [2.45, 2.75) is 24.9 Å². The van der Waals surface area contributed by atoms with Gasteiger partial charge in [0.25, 0.3) is 0 Å². The van der Waals surface area contributed by atoms with Crippen molar-refractivity contribution in [3.63, 3.8) is 0 Å². The molecule has 1 aromatic carbocycles. The standard InChI is InChI=1S/C15H16FN3S/c1-2-7-17-15-12-8-20-9-13(12)18-14(19-15)10-3-5-11(16)6-4-10/h3-6H,2,7-9H2,1H3,(H,17,18,19). The van der Waals surface area contributed by atoms with Gasteiger partial charge in [0.2, 0.25) is 0 Å². The summed E-state index contributed by atoms with van der Waals surface area (Å²) in [6.45, 7) is 3.03. The average molecular weight is 289 g/mol. The zero-order chi connectivity index (χ0) is 13.9. The molecule has 2 aromatic rings. The first-order valence-corrected chi connectivity index (χ1v) is 7.90. The Kier molecular flexibility index (Phi) is 3.87. The van der Waals surface area contributed by atoms with Crippen LogP contribution >= 0.6 is 11.8 Å². The molecule has 0 unspecified atom stereocenters. The van der Waals surface area contributed by atoms with E-state index in [1.165, 1.54) is 17.7 Å². The fourth-order valence-corrected chi connectivity index (χ4v) is 3.21. The lowest BCUT2D eigenvalue weighted by molar-refractivity contribution is 0.628. The summed E-state index contributed by atoms with van der Waals surface area (Å²) < 4.78 is 13.0. The van der Waals surface area contributed by atoms with Crippen LogP contribution in [0.4, 0.5) is 10.2 Å². The number of halogens is 1. The second-order valence-corrected chi connectivity index (χ2v) is 5.73. The van der Waals surface area contributed by atoms with Gasteiger partial charge in [0.15, 0.2) is 5.82 Å². The molecule has 1 N–H and O–H groups in total. The van der Waals surface area contributed by atoms with E-state index in [1.807, 2.05) is 11.8 Å². The van der Waals surface area contributed by atoms with Crippen molar-refractivity contribution in [3.05, 3.63) is 41.3 Å². The van der Waals surface area contributed by atoms with Gasteiger partial charge in [-0.2, -0.15) is 11.8 Å². The van der Waals surface area contributed by atoms with E-state index < -0.39 is 0 Å². The SMILES string of the molecule is CCCNc1nc(-c2ccc(F)cc2)nc2c1CSC2. The molecule has 104 valence electrons. The van der Waals surface area contributed by atoms with Crippen molar-refractivity contribution in [2.24, 2.45) is 0 Å². The van der Waals surface area contributed by atoms with E-state index in [0.29, 0.717) is 5.82 Å². The van der Waals surface area contributed by atoms with E-state index in [9.17, 15) is 4.39 Å². The van der Waals surface area contributed by atoms with Gasteiger partial charge in [0.05, 0.1) is 5.69 Å². The van der Waals surface area contributed by atoms with E-state index in [0.717, 1.165) is 41.5 Å². The highest BCUT2D eigenvalue weighted by atomic mass is 32.2. The van der Waals surface area contributed by atoms with E-state index in [-0.39, 0.29) is 5.82 Å². The molecule has 1 aliphatic rings. The number of hydrogen-bond acceptors (Lipinski definition) is 4. The van der Waals surface area contributed by atoms with Gasteiger partial charge in [-0.25, -0.2) is 14.4 Å². The number of anilines is 1.